The molecule has 0 aliphatic carbocycles. The number of hydrogen-bond donors (Lipinski definition) is 1. The number of rotatable bonds is 8. The molecule has 0 aliphatic rings. The zero-order valence-corrected chi connectivity index (χ0v) is 12.3. The van der Waals surface area contributed by atoms with E-state index in [0.717, 1.165) is 43.6 Å². The van der Waals surface area contributed by atoms with Crippen molar-refractivity contribution in [3.8, 4) is 11.4 Å². The van der Waals surface area contributed by atoms with Crippen molar-refractivity contribution in [3.05, 3.63) is 48.3 Å². The summed E-state index contributed by atoms with van der Waals surface area (Å²) in [6.07, 6.45) is 7.45. The van der Waals surface area contributed by atoms with Gasteiger partial charge in [0.2, 0.25) is 6.41 Å². The van der Waals surface area contributed by atoms with Gasteiger partial charge < -0.3 is 5.32 Å². The summed E-state index contributed by atoms with van der Waals surface area (Å²) in [5.74, 6) is 1.29. The third-order valence-corrected chi connectivity index (χ3v) is 3.66. The molecule has 0 fully saturated rings. The Morgan fingerprint density at radius 3 is 2.52 bits per heavy atom. The van der Waals surface area contributed by atoms with Crippen LogP contribution in [0.25, 0.3) is 11.4 Å². The molecule has 1 aromatic heterocycles. The van der Waals surface area contributed by atoms with Gasteiger partial charge in [0.1, 0.15) is 0 Å². The van der Waals surface area contributed by atoms with Gasteiger partial charge in [0.15, 0.2) is 5.82 Å². The fourth-order valence-electron chi connectivity index (χ4n) is 2.47. The Hall–Kier alpha value is -2.23. The minimum Gasteiger partial charge on any atom is -0.359 e. The quantitative estimate of drug-likeness (QED) is 0.598. The van der Waals surface area contributed by atoms with Gasteiger partial charge in [-0.25, -0.2) is 9.97 Å². The van der Waals surface area contributed by atoms with E-state index in [1.807, 2.05) is 6.07 Å². The first-order valence-electron chi connectivity index (χ1n) is 7.39. The molecule has 21 heavy (non-hydrogen) atoms. The number of nitrogens with one attached hydrogen (secondary N) is 1. The molecule has 4 heteroatoms. The number of hydrogen-bond acceptors (Lipinski definition) is 3. The lowest BCUT2D eigenvalue weighted by Crippen LogP contribution is -2.13. The standard InChI is InChI=1S/C17H21N3O/c1-2-14(5-3-10-18-13-21)15-6-8-16(9-7-15)17-19-11-4-12-20-17/h4,6-9,11-14H,2-3,5,10H2,1H3,(H,18,21). The molecule has 0 radical (unpaired) electrons. The summed E-state index contributed by atoms with van der Waals surface area (Å²) in [7, 11) is 0. The fourth-order valence-corrected chi connectivity index (χ4v) is 2.47. The van der Waals surface area contributed by atoms with E-state index in [-0.39, 0.29) is 0 Å². The van der Waals surface area contributed by atoms with Crippen molar-refractivity contribution in [2.45, 2.75) is 32.1 Å². The highest BCUT2D eigenvalue weighted by Crippen LogP contribution is 2.26. The first kappa shape index (κ1) is 15.2. The molecule has 0 spiro atoms. The van der Waals surface area contributed by atoms with Gasteiger partial charge in [-0.1, -0.05) is 31.2 Å². The predicted molar refractivity (Wildman–Crippen MR) is 83.8 cm³/mol. The molecule has 0 saturated carbocycles. The van der Waals surface area contributed by atoms with Crippen LogP contribution in [0.15, 0.2) is 42.7 Å². The Balaban J connectivity index is 2.01. The van der Waals surface area contributed by atoms with Gasteiger partial charge in [-0.2, -0.15) is 0 Å². The molecule has 0 saturated heterocycles. The van der Waals surface area contributed by atoms with Crippen molar-refractivity contribution in [2.75, 3.05) is 6.54 Å². The average molecular weight is 283 g/mol. The van der Waals surface area contributed by atoms with Gasteiger partial charge in [0.25, 0.3) is 0 Å². The first-order chi connectivity index (χ1) is 10.3. The Labute approximate surface area is 125 Å². The highest BCUT2D eigenvalue weighted by molar-refractivity contribution is 5.55. The molecule has 1 amide bonds. The normalized spacial score (nSPS) is 11.9. The molecule has 1 unspecified atom stereocenters. The van der Waals surface area contributed by atoms with Crippen LogP contribution in [0.5, 0.6) is 0 Å². The summed E-state index contributed by atoms with van der Waals surface area (Å²) < 4.78 is 0. The summed E-state index contributed by atoms with van der Waals surface area (Å²) >= 11 is 0. The zero-order chi connectivity index (χ0) is 14.9. The maximum absolute atomic E-state index is 10.2. The maximum atomic E-state index is 10.2. The van der Waals surface area contributed by atoms with Gasteiger partial charge in [-0.15, -0.1) is 0 Å². The summed E-state index contributed by atoms with van der Waals surface area (Å²) in [4.78, 5) is 18.8. The smallest absolute Gasteiger partial charge is 0.207 e. The lowest BCUT2D eigenvalue weighted by atomic mass is 9.91. The summed E-state index contributed by atoms with van der Waals surface area (Å²) in [6.45, 7) is 2.95. The Kier molecular flexibility index (Phi) is 5.88. The number of carbonyl (C=O) groups excluding carboxylic acids is 1. The maximum Gasteiger partial charge on any atom is 0.207 e. The van der Waals surface area contributed by atoms with Crippen LogP contribution in [0.2, 0.25) is 0 Å². The van der Waals surface area contributed by atoms with Crippen molar-refractivity contribution in [1.82, 2.24) is 15.3 Å². The Morgan fingerprint density at radius 1 is 1.19 bits per heavy atom. The minimum absolute atomic E-state index is 0.532. The van der Waals surface area contributed by atoms with E-state index >= 15 is 0 Å². The number of nitrogens with zero attached hydrogens (tertiary/aromatic N) is 2. The second-order valence-electron chi connectivity index (χ2n) is 5.01. The SMILES string of the molecule is CCC(CCCNC=O)c1ccc(-c2ncccn2)cc1. The van der Waals surface area contributed by atoms with E-state index in [1.54, 1.807) is 12.4 Å². The topological polar surface area (TPSA) is 54.9 Å². The minimum atomic E-state index is 0.532. The molecular formula is C17H21N3O. The summed E-state index contributed by atoms with van der Waals surface area (Å²) in [5, 5.41) is 2.71. The highest BCUT2D eigenvalue weighted by atomic mass is 16.1. The van der Waals surface area contributed by atoms with E-state index in [2.05, 4.69) is 46.5 Å². The Bertz CT molecular complexity index is 540. The molecule has 1 atom stereocenters. The lowest BCUT2D eigenvalue weighted by Gasteiger charge is -2.15. The summed E-state index contributed by atoms with van der Waals surface area (Å²) in [6, 6.07) is 10.3. The molecule has 2 aromatic rings. The number of carbonyl (C=O) groups is 1. The van der Waals surface area contributed by atoms with Crippen molar-refractivity contribution >= 4 is 6.41 Å². The molecule has 0 bridgehead atoms. The molecule has 1 N–H and O–H groups in total. The van der Waals surface area contributed by atoms with Gasteiger partial charge >= 0.3 is 0 Å². The second-order valence-corrected chi connectivity index (χ2v) is 5.01. The van der Waals surface area contributed by atoms with Crippen LogP contribution >= 0.6 is 0 Å². The van der Waals surface area contributed by atoms with Crippen molar-refractivity contribution in [1.29, 1.82) is 0 Å². The van der Waals surface area contributed by atoms with Crippen LogP contribution in [-0.2, 0) is 4.79 Å². The Morgan fingerprint density at radius 2 is 1.90 bits per heavy atom. The largest absolute Gasteiger partial charge is 0.359 e. The number of benzene rings is 1. The summed E-state index contributed by atoms with van der Waals surface area (Å²) in [5.41, 5.74) is 2.38. The third kappa shape index (κ3) is 4.38. The van der Waals surface area contributed by atoms with Crippen molar-refractivity contribution in [2.24, 2.45) is 0 Å². The molecule has 1 aromatic carbocycles. The van der Waals surface area contributed by atoms with E-state index in [1.165, 1.54) is 5.56 Å². The van der Waals surface area contributed by atoms with E-state index in [9.17, 15) is 4.79 Å². The van der Waals surface area contributed by atoms with Gasteiger partial charge in [-0.3, -0.25) is 4.79 Å². The van der Waals surface area contributed by atoms with Crippen LogP contribution in [-0.4, -0.2) is 22.9 Å². The highest BCUT2D eigenvalue weighted by Gasteiger charge is 2.09. The molecule has 4 nitrogen and oxygen atoms in total. The molecule has 0 aliphatic heterocycles. The van der Waals surface area contributed by atoms with Gasteiger partial charge in [0.05, 0.1) is 0 Å². The molecular weight excluding hydrogens is 262 g/mol. The lowest BCUT2D eigenvalue weighted by molar-refractivity contribution is -0.109. The average Bonchev–Trinajstić information content (AvgIpc) is 2.56. The van der Waals surface area contributed by atoms with Crippen LogP contribution in [0, 0.1) is 0 Å². The molecule has 1 heterocycles. The van der Waals surface area contributed by atoms with Crippen LogP contribution in [0.1, 0.15) is 37.7 Å². The van der Waals surface area contributed by atoms with E-state index < -0.39 is 0 Å². The van der Waals surface area contributed by atoms with Crippen molar-refractivity contribution in [3.63, 3.8) is 0 Å². The molecule has 2 rings (SSSR count). The second kappa shape index (κ2) is 8.15. The van der Waals surface area contributed by atoms with Crippen LogP contribution in [0.4, 0.5) is 0 Å². The number of aromatic nitrogens is 2. The van der Waals surface area contributed by atoms with Crippen LogP contribution < -0.4 is 5.32 Å². The zero-order valence-electron chi connectivity index (χ0n) is 12.3. The van der Waals surface area contributed by atoms with Gasteiger partial charge in [0, 0.05) is 24.5 Å². The molecule has 110 valence electrons. The van der Waals surface area contributed by atoms with Crippen molar-refractivity contribution < 1.29 is 4.79 Å². The third-order valence-electron chi connectivity index (χ3n) is 3.66. The van der Waals surface area contributed by atoms with E-state index in [4.69, 9.17) is 0 Å². The van der Waals surface area contributed by atoms with Crippen LogP contribution in [0.3, 0.4) is 0 Å². The fraction of sp³-hybridized carbons (Fsp3) is 0.353. The monoisotopic (exact) mass is 283 g/mol. The number of amides is 1. The van der Waals surface area contributed by atoms with Gasteiger partial charge in [-0.05, 0) is 36.8 Å². The van der Waals surface area contributed by atoms with E-state index in [0.29, 0.717) is 5.92 Å². The predicted octanol–water partition coefficient (Wildman–Crippen LogP) is 3.16. The first-order valence-corrected chi connectivity index (χ1v) is 7.39.